The fraction of sp³-hybridized carbons (Fsp3) is 0.333. The molecular formula is C15H20ClN5. The van der Waals surface area contributed by atoms with Crippen molar-refractivity contribution in [1.82, 2.24) is 9.97 Å². The lowest BCUT2D eigenvalue weighted by molar-refractivity contribution is 0.851. The molecule has 0 amide bonds. The number of hydrogen-bond donors (Lipinski definition) is 3. The highest BCUT2D eigenvalue weighted by Gasteiger charge is 2.13. The summed E-state index contributed by atoms with van der Waals surface area (Å²) in [6.07, 6.45) is 0.745. The minimum atomic E-state index is 0.0765. The van der Waals surface area contributed by atoms with Crippen molar-refractivity contribution in [2.75, 3.05) is 10.7 Å². The average Bonchev–Trinajstić information content (AvgIpc) is 2.49. The Morgan fingerprint density at radius 1 is 1.29 bits per heavy atom. The molecular weight excluding hydrogens is 286 g/mol. The number of aryl methyl sites for hydroxylation is 1. The molecule has 4 N–H and O–H groups in total. The fourth-order valence-electron chi connectivity index (χ4n) is 2.07. The number of nitrogen functional groups attached to an aromatic ring is 1. The van der Waals surface area contributed by atoms with Gasteiger partial charge in [0, 0.05) is 17.0 Å². The molecule has 0 saturated heterocycles. The molecule has 0 radical (unpaired) electrons. The van der Waals surface area contributed by atoms with Gasteiger partial charge in [-0.1, -0.05) is 30.7 Å². The van der Waals surface area contributed by atoms with Crippen molar-refractivity contribution in [3.8, 4) is 0 Å². The summed E-state index contributed by atoms with van der Waals surface area (Å²) in [6.45, 7) is 6.01. The number of nitrogens with zero attached hydrogens (tertiary/aromatic N) is 2. The number of benzene rings is 1. The molecule has 0 aliphatic heterocycles. The lowest BCUT2D eigenvalue weighted by Crippen LogP contribution is -2.16. The maximum atomic E-state index is 6.04. The van der Waals surface area contributed by atoms with E-state index in [0.29, 0.717) is 5.82 Å². The van der Waals surface area contributed by atoms with Gasteiger partial charge < -0.3 is 10.7 Å². The van der Waals surface area contributed by atoms with Crippen molar-refractivity contribution in [2.24, 2.45) is 5.84 Å². The molecule has 1 aromatic heterocycles. The summed E-state index contributed by atoms with van der Waals surface area (Å²) >= 11 is 6.04. The van der Waals surface area contributed by atoms with Gasteiger partial charge in [0.15, 0.2) is 0 Å². The van der Waals surface area contributed by atoms with Crippen LogP contribution in [0.4, 0.5) is 11.6 Å². The van der Waals surface area contributed by atoms with Crippen LogP contribution in [0.25, 0.3) is 0 Å². The second-order valence-corrected chi connectivity index (χ2v) is 5.32. The lowest BCUT2D eigenvalue weighted by Gasteiger charge is -2.18. The molecule has 0 fully saturated rings. The molecule has 1 heterocycles. The van der Waals surface area contributed by atoms with E-state index in [2.05, 4.69) is 27.6 Å². The summed E-state index contributed by atoms with van der Waals surface area (Å²) in [5, 5.41) is 4.12. The molecule has 0 spiro atoms. The van der Waals surface area contributed by atoms with Crippen molar-refractivity contribution >= 4 is 23.2 Å². The molecule has 1 unspecified atom stereocenters. The van der Waals surface area contributed by atoms with E-state index in [1.165, 1.54) is 0 Å². The molecule has 0 aliphatic carbocycles. The van der Waals surface area contributed by atoms with Crippen LogP contribution in [-0.2, 0) is 6.42 Å². The molecule has 1 atom stereocenters. The molecule has 5 nitrogen and oxygen atoms in total. The number of nitrogens with two attached hydrogens (primary N) is 1. The molecule has 6 heteroatoms. The molecule has 0 aliphatic rings. The first kappa shape index (κ1) is 15.5. The SMILES string of the molecule is CCc1nc(NN)c(C)c(NC(C)c2cccc(Cl)c2)n1. The van der Waals surface area contributed by atoms with Crippen LogP contribution in [0, 0.1) is 6.92 Å². The van der Waals surface area contributed by atoms with E-state index in [9.17, 15) is 0 Å². The molecule has 0 bridgehead atoms. The number of hydrazine groups is 1. The van der Waals surface area contributed by atoms with E-state index in [0.717, 1.165) is 34.2 Å². The van der Waals surface area contributed by atoms with E-state index in [4.69, 9.17) is 17.4 Å². The van der Waals surface area contributed by atoms with Gasteiger partial charge in [0.25, 0.3) is 0 Å². The highest BCUT2D eigenvalue weighted by atomic mass is 35.5. The number of hydrogen-bond acceptors (Lipinski definition) is 5. The topological polar surface area (TPSA) is 75.9 Å². The highest BCUT2D eigenvalue weighted by Crippen LogP contribution is 2.25. The van der Waals surface area contributed by atoms with E-state index in [1.807, 2.05) is 38.1 Å². The summed E-state index contributed by atoms with van der Waals surface area (Å²) in [6, 6.07) is 7.85. The summed E-state index contributed by atoms with van der Waals surface area (Å²) in [4.78, 5) is 8.89. The Labute approximate surface area is 129 Å². The van der Waals surface area contributed by atoms with Gasteiger partial charge in [0.1, 0.15) is 17.5 Å². The Hall–Kier alpha value is -1.85. The third-order valence-corrected chi connectivity index (χ3v) is 3.58. The van der Waals surface area contributed by atoms with E-state index >= 15 is 0 Å². The first-order chi connectivity index (χ1) is 10.0. The normalized spacial score (nSPS) is 12.0. The van der Waals surface area contributed by atoms with Crippen LogP contribution in [0.1, 0.15) is 36.8 Å². The van der Waals surface area contributed by atoms with Crippen LogP contribution < -0.4 is 16.6 Å². The average molecular weight is 306 g/mol. The van der Waals surface area contributed by atoms with Gasteiger partial charge in [-0.15, -0.1) is 0 Å². The third-order valence-electron chi connectivity index (χ3n) is 3.35. The van der Waals surface area contributed by atoms with Crippen molar-refractivity contribution < 1.29 is 0 Å². The summed E-state index contributed by atoms with van der Waals surface area (Å²) in [5.74, 6) is 7.69. The van der Waals surface area contributed by atoms with Crippen LogP contribution in [0.5, 0.6) is 0 Å². The Morgan fingerprint density at radius 3 is 2.62 bits per heavy atom. The second kappa shape index (κ2) is 6.74. The predicted molar refractivity (Wildman–Crippen MR) is 87.4 cm³/mol. The Bertz CT molecular complexity index is 629. The van der Waals surface area contributed by atoms with Crippen molar-refractivity contribution in [2.45, 2.75) is 33.2 Å². The van der Waals surface area contributed by atoms with Crippen LogP contribution >= 0.6 is 11.6 Å². The third kappa shape index (κ3) is 3.62. The van der Waals surface area contributed by atoms with Crippen LogP contribution in [0.2, 0.25) is 5.02 Å². The smallest absolute Gasteiger partial charge is 0.148 e. The van der Waals surface area contributed by atoms with Gasteiger partial charge >= 0.3 is 0 Å². The largest absolute Gasteiger partial charge is 0.363 e. The first-order valence-electron chi connectivity index (χ1n) is 6.91. The molecule has 21 heavy (non-hydrogen) atoms. The summed E-state index contributed by atoms with van der Waals surface area (Å²) < 4.78 is 0. The maximum Gasteiger partial charge on any atom is 0.148 e. The molecule has 0 saturated carbocycles. The number of nitrogens with one attached hydrogen (secondary N) is 2. The number of rotatable bonds is 5. The second-order valence-electron chi connectivity index (χ2n) is 4.88. The number of aromatic nitrogens is 2. The minimum absolute atomic E-state index is 0.0765. The van der Waals surface area contributed by atoms with E-state index in [1.54, 1.807) is 0 Å². The molecule has 112 valence electrons. The van der Waals surface area contributed by atoms with Gasteiger partial charge in [-0.25, -0.2) is 15.8 Å². The van der Waals surface area contributed by atoms with Gasteiger partial charge in [0.2, 0.25) is 0 Å². The summed E-state index contributed by atoms with van der Waals surface area (Å²) in [5.41, 5.74) is 4.61. The zero-order chi connectivity index (χ0) is 15.4. The van der Waals surface area contributed by atoms with Gasteiger partial charge in [-0.05, 0) is 31.5 Å². The van der Waals surface area contributed by atoms with Crippen LogP contribution in [-0.4, -0.2) is 9.97 Å². The van der Waals surface area contributed by atoms with Gasteiger partial charge in [0.05, 0.1) is 6.04 Å². The number of halogens is 1. The van der Waals surface area contributed by atoms with Crippen LogP contribution in [0.3, 0.4) is 0 Å². The lowest BCUT2D eigenvalue weighted by atomic mass is 10.1. The van der Waals surface area contributed by atoms with Crippen LogP contribution in [0.15, 0.2) is 24.3 Å². The summed E-state index contributed by atoms with van der Waals surface area (Å²) in [7, 11) is 0. The van der Waals surface area contributed by atoms with Gasteiger partial charge in [-0.3, -0.25) is 0 Å². The van der Waals surface area contributed by atoms with Gasteiger partial charge in [-0.2, -0.15) is 0 Å². The Morgan fingerprint density at radius 2 is 2.00 bits per heavy atom. The van der Waals surface area contributed by atoms with Crippen molar-refractivity contribution in [1.29, 1.82) is 0 Å². The minimum Gasteiger partial charge on any atom is -0.363 e. The Balaban J connectivity index is 2.30. The maximum absolute atomic E-state index is 6.04. The highest BCUT2D eigenvalue weighted by molar-refractivity contribution is 6.30. The van der Waals surface area contributed by atoms with E-state index in [-0.39, 0.29) is 6.04 Å². The Kier molecular flexibility index (Phi) is 4.98. The zero-order valence-electron chi connectivity index (χ0n) is 12.4. The predicted octanol–water partition coefficient (Wildman–Crippen LogP) is 3.46. The zero-order valence-corrected chi connectivity index (χ0v) is 13.2. The van der Waals surface area contributed by atoms with Crippen molar-refractivity contribution in [3.63, 3.8) is 0 Å². The molecule has 1 aromatic carbocycles. The number of anilines is 2. The first-order valence-corrected chi connectivity index (χ1v) is 7.29. The van der Waals surface area contributed by atoms with Crippen molar-refractivity contribution in [3.05, 3.63) is 46.2 Å². The monoisotopic (exact) mass is 305 g/mol. The fourth-order valence-corrected chi connectivity index (χ4v) is 2.27. The standard InChI is InChI=1S/C15H20ClN5/c1-4-13-19-14(9(2)15(20-13)21-17)18-10(3)11-6-5-7-12(16)8-11/h5-8,10H,4,17H2,1-3H3,(H2,18,19,20,21). The van der Waals surface area contributed by atoms with E-state index < -0.39 is 0 Å². The molecule has 2 aromatic rings. The molecule has 2 rings (SSSR count). The quantitative estimate of drug-likeness (QED) is 0.582.